The van der Waals surface area contributed by atoms with Crippen molar-refractivity contribution in [2.75, 3.05) is 11.4 Å². The normalized spacial score (nSPS) is 21.5. The lowest BCUT2D eigenvalue weighted by molar-refractivity contribution is -0.135. The zero-order chi connectivity index (χ0) is 16.8. The molecule has 0 spiro atoms. The molecule has 2 aliphatic rings. The predicted molar refractivity (Wildman–Crippen MR) is 84.8 cm³/mol. The number of ketones is 1. The number of hydrogen-bond donors (Lipinski definition) is 2. The number of Topliss-reactive ketones (excluding diaryl/α,β-unsaturated/α-hetero) is 1. The Balaban J connectivity index is 1.88. The molecule has 2 N–H and O–H groups in total. The second-order valence-corrected chi connectivity index (χ2v) is 5.59. The number of nitrogens with zero attached hydrogens (tertiary/aromatic N) is 1. The third-order valence-electron chi connectivity index (χ3n) is 4.15. The number of aliphatic carboxylic acids is 1. The maximum atomic E-state index is 12.7. The number of carbonyl (C=O) groups excluding carboxylic acids is 1. The Labute approximate surface area is 137 Å². The van der Waals surface area contributed by atoms with Crippen molar-refractivity contribution < 1.29 is 24.5 Å². The summed E-state index contributed by atoms with van der Waals surface area (Å²) in [5.41, 5.74) is 1.52. The number of fused-ring (bicyclic) bond motifs is 2. The van der Waals surface area contributed by atoms with Gasteiger partial charge in [-0.15, -0.1) is 0 Å². The molecule has 24 heavy (non-hydrogen) atoms. The van der Waals surface area contributed by atoms with Crippen molar-refractivity contribution >= 4 is 17.4 Å². The molecule has 0 amide bonds. The number of rotatable bonds is 2. The summed E-state index contributed by atoms with van der Waals surface area (Å²) in [6.07, 6.45) is -1.14. The molecule has 0 aromatic heterocycles. The summed E-state index contributed by atoms with van der Waals surface area (Å²) in [6.45, 7) is -0.369. The second-order valence-electron chi connectivity index (χ2n) is 5.59. The SMILES string of the molecule is O=C(O)CN1/C(=C2/C(=O)c3ccccc3C2O)Oc2ccccc21. The Morgan fingerprint density at radius 3 is 2.58 bits per heavy atom. The summed E-state index contributed by atoms with van der Waals surface area (Å²) in [7, 11) is 0. The third kappa shape index (κ3) is 2.00. The largest absolute Gasteiger partial charge is 0.480 e. The topological polar surface area (TPSA) is 87.1 Å². The zero-order valence-corrected chi connectivity index (χ0v) is 12.5. The Morgan fingerprint density at radius 2 is 1.83 bits per heavy atom. The van der Waals surface area contributed by atoms with Gasteiger partial charge in [0.15, 0.2) is 11.5 Å². The number of para-hydroxylation sites is 2. The van der Waals surface area contributed by atoms with E-state index in [4.69, 9.17) is 4.74 Å². The van der Waals surface area contributed by atoms with Crippen LogP contribution in [0.5, 0.6) is 5.75 Å². The van der Waals surface area contributed by atoms with Crippen molar-refractivity contribution in [3.05, 3.63) is 71.1 Å². The Hall–Kier alpha value is -3.12. The molecule has 0 saturated carbocycles. The molecule has 4 rings (SSSR count). The molecule has 1 heterocycles. The molecule has 6 nitrogen and oxygen atoms in total. The highest BCUT2D eigenvalue weighted by atomic mass is 16.5. The van der Waals surface area contributed by atoms with E-state index in [2.05, 4.69) is 0 Å². The first kappa shape index (κ1) is 14.5. The van der Waals surface area contributed by atoms with Crippen LogP contribution in [0.3, 0.4) is 0 Å². The van der Waals surface area contributed by atoms with Gasteiger partial charge in [-0.2, -0.15) is 0 Å². The van der Waals surface area contributed by atoms with Gasteiger partial charge < -0.3 is 14.9 Å². The molecular weight excluding hydrogens is 310 g/mol. The minimum Gasteiger partial charge on any atom is -0.480 e. The number of anilines is 1. The first-order valence-corrected chi connectivity index (χ1v) is 7.40. The van der Waals surface area contributed by atoms with Crippen LogP contribution in [0, 0.1) is 0 Å². The van der Waals surface area contributed by atoms with Gasteiger partial charge in [-0.3, -0.25) is 14.5 Å². The molecular formula is C18H13NO5. The molecule has 2 aromatic rings. The first-order valence-electron chi connectivity index (χ1n) is 7.40. The fraction of sp³-hybridized carbons (Fsp3) is 0.111. The second kappa shape index (κ2) is 5.21. The van der Waals surface area contributed by atoms with Crippen LogP contribution < -0.4 is 9.64 Å². The fourth-order valence-electron chi connectivity index (χ4n) is 3.11. The fourth-order valence-corrected chi connectivity index (χ4v) is 3.11. The molecule has 0 saturated heterocycles. The molecule has 1 aliphatic heterocycles. The number of aliphatic hydroxyl groups is 1. The highest BCUT2D eigenvalue weighted by Gasteiger charge is 2.41. The van der Waals surface area contributed by atoms with Crippen LogP contribution in [-0.2, 0) is 4.79 Å². The van der Waals surface area contributed by atoms with E-state index < -0.39 is 12.1 Å². The minimum atomic E-state index is -1.14. The molecule has 6 heteroatoms. The van der Waals surface area contributed by atoms with Crippen LogP contribution in [0.4, 0.5) is 5.69 Å². The maximum Gasteiger partial charge on any atom is 0.323 e. The lowest BCUT2D eigenvalue weighted by atomic mass is 10.1. The number of aliphatic hydroxyl groups excluding tert-OH is 1. The van der Waals surface area contributed by atoms with E-state index in [1.807, 2.05) is 0 Å². The van der Waals surface area contributed by atoms with Crippen molar-refractivity contribution in [1.29, 1.82) is 0 Å². The first-order chi connectivity index (χ1) is 11.6. The van der Waals surface area contributed by atoms with E-state index in [0.717, 1.165) is 0 Å². The van der Waals surface area contributed by atoms with E-state index in [1.54, 1.807) is 48.5 Å². The van der Waals surface area contributed by atoms with Crippen LogP contribution in [0.25, 0.3) is 0 Å². The van der Waals surface area contributed by atoms with Crippen LogP contribution >= 0.6 is 0 Å². The number of carbonyl (C=O) groups is 2. The van der Waals surface area contributed by atoms with Gasteiger partial charge in [0, 0.05) is 5.56 Å². The number of ether oxygens (including phenoxy) is 1. The molecule has 120 valence electrons. The lowest BCUT2D eigenvalue weighted by Gasteiger charge is -2.18. The lowest BCUT2D eigenvalue weighted by Crippen LogP contribution is -2.29. The number of carboxylic acid groups (broad SMARTS) is 1. The van der Waals surface area contributed by atoms with E-state index >= 15 is 0 Å². The third-order valence-corrected chi connectivity index (χ3v) is 4.15. The molecule has 1 unspecified atom stereocenters. The van der Waals surface area contributed by atoms with E-state index in [-0.39, 0.29) is 23.8 Å². The number of carboxylic acids is 1. The molecule has 0 radical (unpaired) electrons. The average Bonchev–Trinajstić information content (AvgIpc) is 3.04. The quantitative estimate of drug-likeness (QED) is 0.823. The van der Waals surface area contributed by atoms with Crippen LogP contribution in [0.1, 0.15) is 22.0 Å². The summed E-state index contributed by atoms with van der Waals surface area (Å²) in [6, 6.07) is 13.7. The standard InChI is InChI=1S/C18H13NO5/c20-14(21)9-19-12-7-3-4-8-13(12)24-18(19)15-16(22)10-5-1-2-6-11(10)17(15)23/h1-8,16,22H,9H2,(H,20,21)/b18-15-. The highest BCUT2D eigenvalue weighted by Crippen LogP contribution is 2.44. The van der Waals surface area contributed by atoms with Crippen molar-refractivity contribution in [1.82, 2.24) is 0 Å². The summed E-state index contributed by atoms with van der Waals surface area (Å²) in [5, 5.41) is 19.8. The van der Waals surface area contributed by atoms with Crippen LogP contribution in [0.2, 0.25) is 0 Å². The minimum absolute atomic E-state index is 0.0636. The Bertz CT molecular complexity index is 902. The monoisotopic (exact) mass is 323 g/mol. The maximum absolute atomic E-state index is 12.7. The summed E-state index contributed by atoms with van der Waals surface area (Å²) >= 11 is 0. The van der Waals surface area contributed by atoms with Gasteiger partial charge >= 0.3 is 5.97 Å². The van der Waals surface area contributed by atoms with Crippen molar-refractivity contribution in [2.24, 2.45) is 0 Å². The van der Waals surface area contributed by atoms with Gasteiger partial charge in [0.2, 0.25) is 5.88 Å². The van der Waals surface area contributed by atoms with Crippen LogP contribution in [-0.4, -0.2) is 28.5 Å². The molecule has 2 aromatic carbocycles. The van der Waals surface area contributed by atoms with Gasteiger partial charge in [0.1, 0.15) is 12.6 Å². The van der Waals surface area contributed by atoms with Crippen molar-refractivity contribution in [3.63, 3.8) is 0 Å². The smallest absolute Gasteiger partial charge is 0.323 e. The molecule has 1 aliphatic carbocycles. The molecule has 0 bridgehead atoms. The highest BCUT2D eigenvalue weighted by molar-refractivity contribution is 6.14. The van der Waals surface area contributed by atoms with Gasteiger partial charge in [-0.05, 0) is 17.7 Å². The zero-order valence-electron chi connectivity index (χ0n) is 12.5. The van der Waals surface area contributed by atoms with Gasteiger partial charge in [-0.1, -0.05) is 36.4 Å². The van der Waals surface area contributed by atoms with E-state index in [9.17, 15) is 19.8 Å². The summed E-state index contributed by atoms with van der Waals surface area (Å²) in [4.78, 5) is 25.3. The van der Waals surface area contributed by atoms with E-state index in [0.29, 0.717) is 22.6 Å². The Kier molecular flexibility index (Phi) is 3.14. The Morgan fingerprint density at radius 1 is 1.12 bits per heavy atom. The predicted octanol–water partition coefficient (Wildman–Crippen LogP) is 2.11. The average molecular weight is 323 g/mol. The molecule has 0 fully saturated rings. The molecule has 1 atom stereocenters. The van der Waals surface area contributed by atoms with Gasteiger partial charge in [0.05, 0.1) is 11.3 Å². The van der Waals surface area contributed by atoms with Crippen LogP contribution in [0.15, 0.2) is 60.0 Å². The number of benzene rings is 2. The summed E-state index contributed by atoms with van der Waals surface area (Å²) in [5.74, 6) is -0.883. The van der Waals surface area contributed by atoms with E-state index in [1.165, 1.54) is 4.90 Å². The van der Waals surface area contributed by atoms with Crippen molar-refractivity contribution in [2.45, 2.75) is 6.10 Å². The van der Waals surface area contributed by atoms with Gasteiger partial charge in [0.25, 0.3) is 0 Å². The number of hydrogen-bond acceptors (Lipinski definition) is 5. The summed E-state index contributed by atoms with van der Waals surface area (Å²) < 4.78 is 5.74. The van der Waals surface area contributed by atoms with Crippen molar-refractivity contribution in [3.8, 4) is 5.75 Å². The van der Waals surface area contributed by atoms with Gasteiger partial charge in [-0.25, -0.2) is 0 Å².